The van der Waals surface area contributed by atoms with Gasteiger partial charge in [-0.05, 0) is 43.5 Å². The van der Waals surface area contributed by atoms with Gasteiger partial charge in [0, 0.05) is 24.4 Å². The van der Waals surface area contributed by atoms with Crippen LogP contribution in [0, 0.1) is 0 Å². The van der Waals surface area contributed by atoms with E-state index < -0.39 is 0 Å². The normalized spacial score (nSPS) is 26.5. The lowest BCUT2D eigenvalue weighted by atomic mass is 9.74. The number of ether oxygens (including phenoxy) is 1. The first-order chi connectivity index (χ1) is 7.37. The van der Waals surface area contributed by atoms with Crippen molar-refractivity contribution in [2.24, 2.45) is 5.73 Å². The van der Waals surface area contributed by atoms with Gasteiger partial charge in [0.1, 0.15) is 0 Å². The zero-order chi connectivity index (χ0) is 10.6. The predicted molar refractivity (Wildman–Crippen MR) is 59.6 cm³/mol. The number of hydrogen-bond donors (Lipinski definition) is 1. The van der Waals surface area contributed by atoms with Crippen molar-refractivity contribution in [2.75, 3.05) is 19.8 Å². The van der Waals surface area contributed by atoms with E-state index >= 15 is 0 Å². The van der Waals surface area contributed by atoms with Gasteiger partial charge in [-0.3, -0.25) is 4.98 Å². The van der Waals surface area contributed by atoms with Crippen LogP contribution in [-0.4, -0.2) is 24.7 Å². The lowest BCUT2D eigenvalue weighted by molar-refractivity contribution is 0.0312. The predicted octanol–water partition coefficient (Wildman–Crippen LogP) is 1.48. The Hall–Kier alpha value is -0.930. The Bertz CT molecular complexity index is 288. The highest BCUT2D eigenvalue weighted by molar-refractivity contribution is 5.23. The summed E-state index contributed by atoms with van der Waals surface area (Å²) in [7, 11) is 0. The molecule has 1 fully saturated rings. The van der Waals surface area contributed by atoms with Crippen LogP contribution in [0.25, 0.3) is 0 Å². The summed E-state index contributed by atoms with van der Waals surface area (Å²) in [6.45, 7) is 2.40. The number of nitrogens with zero attached hydrogens (tertiary/aromatic N) is 1. The molecule has 0 bridgehead atoms. The largest absolute Gasteiger partial charge is 0.381 e. The molecule has 1 aliphatic heterocycles. The Kier molecular flexibility index (Phi) is 3.34. The molecule has 1 unspecified atom stereocenters. The van der Waals surface area contributed by atoms with Gasteiger partial charge < -0.3 is 10.5 Å². The third kappa shape index (κ3) is 2.19. The van der Waals surface area contributed by atoms with Crippen LogP contribution in [0.5, 0.6) is 0 Å². The fourth-order valence-electron chi connectivity index (χ4n) is 2.40. The highest BCUT2D eigenvalue weighted by atomic mass is 16.5. The number of rotatable bonds is 3. The minimum Gasteiger partial charge on any atom is -0.381 e. The minimum absolute atomic E-state index is 0.135. The number of aromatic nitrogens is 1. The summed E-state index contributed by atoms with van der Waals surface area (Å²) < 4.78 is 5.62. The van der Waals surface area contributed by atoms with Crippen molar-refractivity contribution < 1.29 is 4.74 Å². The molecule has 1 aromatic heterocycles. The van der Waals surface area contributed by atoms with Crippen molar-refractivity contribution in [3.8, 4) is 0 Å². The molecule has 3 heteroatoms. The molecule has 2 heterocycles. The zero-order valence-corrected chi connectivity index (χ0v) is 8.98. The van der Waals surface area contributed by atoms with Crippen molar-refractivity contribution >= 4 is 0 Å². The lowest BCUT2D eigenvalue weighted by Gasteiger charge is -2.37. The summed E-state index contributed by atoms with van der Waals surface area (Å²) in [6, 6.07) is 4.18. The van der Waals surface area contributed by atoms with Crippen LogP contribution in [0.15, 0.2) is 24.5 Å². The minimum atomic E-state index is 0.135. The van der Waals surface area contributed by atoms with E-state index in [0.717, 1.165) is 26.1 Å². The Balaban J connectivity index is 2.25. The Morgan fingerprint density at radius 3 is 2.80 bits per heavy atom. The first kappa shape index (κ1) is 10.6. The Morgan fingerprint density at radius 1 is 1.40 bits per heavy atom. The van der Waals surface area contributed by atoms with Crippen LogP contribution < -0.4 is 5.73 Å². The second kappa shape index (κ2) is 4.73. The van der Waals surface area contributed by atoms with Crippen LogP contribution in [0.1, 0.15) is 24.8 Å². The van der Waals surface area contributed by atoms with E-state index in [2.05, 4.69) is 17.1 Å². The zero-order valence-electron chi connectivity index (χ0n) is 8.98. The van der Waals surface area contributed by atoms with E-state index in [1.165, 1.54) is 12.0 Å². The van der Waals surface area contributed by atoms with Gasteiger partial charge in [-0.1, -0.05) is 0 Å². The topological polar surface area (TPSA) is 48.1 Å². The summed E-state index contributed by atoms with van der Waals surface area (Å²) in [4.78, 5) is 4.06. The van der Waals surface area contributed by atoms with Gasteiger partial charge in [-0.2, -0.15) is 0 Å². The van der Waals surface area contributed by atoms with Gasteiger partial charge in [-0.25, -0.2) is 0 Å². The van der Waals surface area contributed by atoms with E-state index in [0.29, 0.717) is 6.54 Å². The van der Waals surface area contributed by atoms with Crippen LogP contribution in [0.4, 0.5) is 0 Å². The molecule has 3 nitrogen and oxygen atoms in total. The molecule has 0 aromatic carbocycles. The Morgan fingerprint density at radius 2 is 2.20 bits per heavy atom. The molecule has 0 radical (unpaired) electrons. The molecule has 15 heavy (non-hydrogen) atoms. The van der Waals surface area contributed by atoms with Crippen molar-refractivity contribution in [2.45, 2.75) is 24.7 Å². The maximum atomic E-state index is 5.71. The maximum absolute atomic E-state index is 5.71. The highest BCUT2D eigenvalue weighted by Gasteiger charge is 2.33. The molecule has 82 valence electrons. The quantitative estimate of drug-likeness (QED) is 0.815. The third-order valence-electron chi connectivity index (χ3n) is 3.24. The first-order valence-corrected chi connectivity index (χ1v) is 5.56. The summed E-state index contributed by atoms with van der Waals surface area (Å²) in [5, 5.41) is 0. The van der Waals surface area contributed by atoms with Crippen LogP contribution in [0.2, 0.25) is 0 Å². The standard InChI is InChI=1S/C12H18N2O/c13-6-5-12(4-1-9-15-10-12)11-2-7-14-8-3-11/h2-3,7-8H,1,4-6,9-10,13H2. The van der Waals surface area contributed by atoms with Crippen molar-refractivity contribution in [3.63, 3.8) is 0 Å². The van der Waals surface area contributed by atoms with Crippen LogP contribution >= 0.6 is 0 Å². The number of pyridine rings is 1. The molecule has 1 atom stereocenters. The van der Waals surface area contributed by atoms with E-state index in [9.17, 15) is 0 Å². The third-order valence-corrected chi connectivity index (χ3v) is 3.24. The van der Waals surface area contributed by atoms with Gasteiger partial charge in [-0.15, -0.1) is 0 Å². The SMILES string of the molecule is NCCC1(c2ccncc2)CCCOC1. The molecule has 2 rings (SSSR count). The summed E-state index contributed by atoms with van der Waals surface area (Å²) in [5.41, 5.74) is 7.17. The highest BCUT2D eigenvalue weighted by Crippen LogP contribution is 2.35. The monoisotopic (exact) mass is 206 g/mol. The van der Waals surface area contributed by atoms with E-state index in [1.54, 1.807) is 0 Å². The second-order valence-electron chi connectivity index (χ2n) is 4.21. The fourth-order valence-corrected chi connectivity index (χ4v) is 2.40. The lowest BCUT2D eigenvalue weighted by Crippen LogP contribution is -2.38. The van der Waals surface area contributed by atoms with Gasteiger partial charge in [0.15, 0.2) is 0 Å². The molecular weight excluding hydrogens is 188 g/mol. The molecule has 1 saturated heterocycles. The van der Waals surface area contributed by atoms with Gasteiger partial charge in [0.05, 0.1) is 6.61 Å². The van der Waals surface area contributed by atoms with Gasteiger partial charge in [0.25, 0.3) is 0 Å². The molecule has 1 aliphatic rings. The van der Waals surface area contributed by atoms with Gasteiger partial charge in [0.2, 0.25) is 0 Å². The summed E-state index contributed by atoms with van der Waals surface area (Å²) in [6.07, 6.45) is 7.00. The second-order valence-corrected chi connectivity index (χ2v) is 4.21. The maximum Gasteiger partial charge on any atom is 0.0563 e. The molecule has 0 amide bonds. The molecule has 0 aliphatic carbocycles. The van der Waals surface area contributed by atoms with Crippen molar-refractivity contribution in [1.29, 1.82) is 0 Å². The smallest absolute Gasteiger partial charge is 0.0563 e. The molecule has 0 spiro atoms. The molecule has 1 aromatic rings. The molecular formula is C12H18N2O. The molecule has 0 saturated carbocycles. The summed E-state index contributed by atoms with van der Waals surface area (Å²) >= 11 is 0. The Labute approximate surface area is 90.7 Å². The van der Waals surface area contributed by atoms with E-state index in [4.69, 9.17) is 10.5 Å². The van der Waals surface area contributed by atoms with Crippen LogP contribution in [-0.2, 0) is 10.2 Å². The number of hydrogen-bond acceptors (Lipinski definition) is 3. The fraction of sp³-hybridized carbons (Fsp3) is 0.583. The average Bonchev–Trinajstić information content (AvgIpc) is 2.32. The van der Waals surface area contributed by atoms with Crippen LogP contribution in [0.3, 0.4) is 0 Å². The molecule has 2 N–H and O–H groups in total. The first-order valence-electron chi connectivity index (χ1n) is 5.56. The van der Waals surface area contributed by atoms with Crippen molar-refractivity contribution in [1.82, 2.24) is 4.98 Å². The van der Waals surface area contributed by atoms with Crippen molar-refractivity contribution in [3.05, 3.63) is 30.1 Å². The van der Waals surface area contributed by atoms with E-state index in [-0.39, 0.29) is 5.41 Å². The van der Waals surface area contributed by atoms with Gasteiger partial charge >= 0.3 is 0 Å². The number of nitrogens with two attached hydrogens (primary N) is 1. The van der Waals surface area contributed by atoms with E-state index in [1.807, 2.05) is 12.4 Å². The summed E-state index contributed by atoms with van der Waals surface area (Å²) in [5.74, 6) is 0. The average molecular weight is 206 g/mol.